The van der Waals surface area contributed by atoms with Gasteiger partial charge in [-0.05, 0) is 30.7 Å². The van der Waals surface area contributed by atoms with Gasteiger partial charge in [0.25, 0.3) is 5.56 Å². The molecule has 0 bridgehead atoms. The number of nitrogens with zero attached hydrogens (tertiary/aromatic N) is 2. The molecule has 0 aliphatic rings. The van der Waals surface area contributed by atoms with Crippen LogP contribution in [-0.2, 0) is 6.54 Å². The molecule has 1 aromatic carbocycles. The number of halogens is 1. The van der Waals surface area contributed by atoms with Gasteiger partial charge in [0, 0.05) is 34.3 Å². The summed E-state index contributed by atoms with van der Waals surface area (Å²) in [6.07, 6.45) is 8.88. The molecule has 2 heterocycles. The van der Waals surface area contributed by atoms with Crippen molar-refractivity contribution >= 4 is 22.6 Å². The molecule has 0 N–H and O–H groups in total. The normalized spacial score (nSPS) is 11.2. The maximum atomic E-state index is 13.2. The highest BCUT2D eigenvalue weighted by Crippen LogP contribution is 2.27. The lowest BCUT2D eigenvalue weighted by Gasteiger charge is -2.13. The molecule has 0 radical (unpaired) electrons. The van der Waals surface area contributed by atoms with Gasteiger partial charge in [-0.3, -0.25) is 9.36 Å². The number of benzene rings is 1. The number of rotatable bonds is 8. The number of pyridine rings is 2. The van der Waals surface area contributed by atoms with Crippen LogP contribution in [-0.4, -0.2) is 9.55 Å². The topological polar surface area (TPSA) is 34.9 Å². The monoisotopic (exact) mass is 368 g/mol. The van der Waals surface area contributed by atoms with Crippen LogP contribution in [0.25, 0.3) is 22.2 Å². The van der Waals surface area contributed by atoms with Crippen molar-refractivity contribution in [1.29, 1.82) is 0 Å². The second-order valence-corrected chi connectivity index (χ2v) is 7.09. The zero-order valence-electron chi connectivity index (χ0n) is 15.2. The third-order valence-electron chi connectivity index (χ3n) is 4.75. The average molecular weight is 369 g/mol. The first-order valence-corrected chi connectivity index (χ1v) is 9.83. The van der Waals surface area contributed by atoms with Gasteiger partial charge in [-0.25, -0.2) is 4.98 Å². The van der Waals surface area contributed by atoms with Gasteiger partial charge < -0.3 is 0 Å². The van der Waals surface area contributed by atoms with E-state index >= 15 is 0 Å². The smallest absolute Gasteiger partial charge is 0.260 e. The van der Waals surface area contributed by atoms with E-state index in [9.17, 15) is 4.79 Å². The van der Waals surface area contributed by atoms with E-state index in [1.165, 1.54) is 25.7 Å². The van der Waals surface area contributed by atoms with Crippen LogP contribution in [0.1, 0.15) is 45.4 Å². The molecule has 26 heavy (non-hydrogen) atoms. The summed E-state index contributed by atoms with van der Waals surface area (Å²) in [7, 11) is 0. The third kappa shape index (κ3) is 4.16. The summed E-state index contributed by atoms with van der Waals surface area (Å²) < 4.78 is 1.81. The van der Waals surface area contributed by atoms with Gasteiger partial charge in [-0.2, -0.15) is 0 Å². The van der Waals surface area contributed by atoms with Crippen LogP contribution in [0.3, 0.4) is 0 Å². The number of hydrogen-bond acceptors (Lipinski definition) is 2. The second-order valence-electron chi connectivity index (χ2n) is 6.68. The van der Waals surface area contributed by atoms with Gasteiger partial charge in [0.1, 0.15) is 5.65 Å². The van der Waals surface area contributed by atoms with Crippen molar-refractivity contribution in [3.63, 3.8) is 0 Å². The molecule has 2 aromatic heterocycles. The van der Waals surface area contributed by atoms with E-state index in [0.29, 0.717) is 17.1 Å². The van der Waals surface area contributed by atoms with E-state index in [4.69, 9.17) is 11.6 Å². The molecule has 0 saturated carbocycles. The molecule has 3 nitrogen and oxygen atoms in total. The fourth-order valence-corrected chi connectivity index (χ4v) is 3.57. The molecule has 0 aliphatic heterocycles. The Morgan fingerprint density at radius 1 is 0.962 bits per heavy atom. The number of unbranched alkanes of at least 4 members (excludes halogenated alkanes) is 5. The summed E-state index contributed by atoms with van der Waals surface area (Å²) in [6.45, 7) is 2.91. The van der Waals surface area contributed by atoms with Crippen LogP contribution in [0.5, 0.6) is 0 Å². The van der Waals surface area contributed by atoms with Gasteiger partial charge >= 0.3 is 0 Å². The minimum atomic E-state index is -0.0159. The Bertz CT molecular complexity index is 933. The molecular weight excluding hydrogens is 344 g/mol. The summed E-state index contributed by atoms with van der Waals surface area (Å²) in [5.41, 5.74) is 2.16. The molecule has 0 atom stereocenters. The number of hydrogen-bond donors (Lipinski definition) is 0. The van der Waals surface area contributed by atoms with Crippen LogP contribution >= 0.6 is 11.6 Å². The standard InChI is InChI=1S/C22H25ClN2O/c1-2-3-4-5-6-9-15-25-21-17(11-10-14-24-21)16-19(22(25)26)18-12-7-8-13-20(18)23/h7-8,10-14,16H,2-6,9,15H2,1H3. The van der Waals surface area contributed by atoms with Crippen LogP contribution in [0, 0.1) is 0 Å². The van der Waals surface area contributed by atoms with Gasteiger partial charge in [0.05, 0.1) is 0 Å². The van der Waals surface area contributed by atoms with Crippen LogP contribution < -0.4 is 5.56 Å². The van der Waals surface area contributed by atoms with Crippen molar-refractivity contribution in [1.82, 2.24) is 9.55 Å². The molecule has 0 saturated heterocycles. The summed E-state index contributed by atoms with van der Waals surface area (Å²) in [4.78, 5) is 17.6. The third-order valence-corrected chi connectivity index (χ3v) is 5.08. The zero-order valence-corrected chi connectivity index (χ0v) is 16.0. The van der Waals surface area contributed by atoms with Crippen molar-refractivity contribution in [3.8, 4) is 11.1 Å². The van der Waals surface area contributed by atoms with Gasteiger partial charge in [-0.15, -0.1) is 0 Å². The predicted molar refractivity (Wildman–Crippen MR) is 110 cm³/mol. The Balaban J connectivity index is 1.95. The SMILES string of the molecule is CCCCCCCCn1c(=O)c(-c2ccccc2Cl)cc2cccnc21. The number of aromatic nitrogens is 2. The van der Waals surface area contributed by atoms with Crippen molar-refractivity contribution in [2.45, 2.75) is 52.0 Å². The lowest BCUT2D eigenvalue weighted by molar-refractivity contribution is 0.557. The minimum absolute atomic E-state index is 0.0159. The number of aryl methyl sites for hydroxylation is 1. The highest BCUT2D eigenvalue weighted by molar-refractivity contribution is 6.33. The first kappa shape index (κ1) is 18.7. The van der Waals surface area contributed by atoms with Crippen LogP contribution in [0.2, 0.25) is 5.02 Å². The zero-order chi connectivity index (χ0) is 18.4. The summed E-state index contributed by atoms with van der Waals surface area (Å²) >= 11 is 6.35. The van der Waals surface area contributed by atoms with E-state index in [0.717, 1.165) is 29.4 Å². The predicted octanol–water partition coefficient (Wildman–Crippen LogP) is 6.08. The number of fused-ring (bicyclic) bond motifs is 1. The van der Waals surface area contributed by atoms with Crippen molar-refractivity contribution in [3.05, 3.63) is 64.0 Å². The Hall–Kier alpha value is -2.13. The lowest BCUT2D eigenvalue weighted by atomic mass is 10.1. The Labute approximate surface area is 159 Å². The summed E-state index contributed by atoms with van der Waals surface area (Å²) in [5, 5.41) is 1.56. The minimum Gasteiger partial charge on any atom is -0.292 e. The Morgan fingerprint density at radius 2 is 1.73 bits per heavy atom. The van der Waals surface area contributed by atoms with Crippen LogP contribution in [0.15, 0.2) is 53.5 Å². The lowest BCUT2D eigenvalue weighted by Crippen LogP contribution is -2.23. The first-order chi connectivity index (χ1) is 12.7. The highest BCUT2D eigenvalue weighted by atomic mass is 35.5. The molecule has 4 heteroatoms. The first-order valence-electron chi connectivity index (χ1n) is 9.46. The highest BCUT2D eigenvalue weighted by Gasteiger charge is 2.13. The average Bonchev–Trinajstić information content (AvgIpc) is 2.66. The van der Waals surface area contributed by atoms with Gasteiger partial charge in [0.15, 0.2) is 0 Å². The Kier molecular flexibility index (Phi) is 6.45. The van der Waals surface area contributed by atoms with E-state index < -0.39 is 0 Å². The van der Waals surface area contributed by atoms with Crippen molar-refractivity contribution in [2.24, 2.45) is 0 Å². The summed E-state index contributed by atoms with van der Waals surface area (Å²) in [5.74, 6) is 0. The van der Waals surface area contributed by atoms with E-state index in [1.54, 1.807) is 6.20 Å². The van der Waals surface area contributed by atoms with E-state index in [-0.39, 0.29) is 5.56 Å². The molecule has 0 aliphatic carbocycles. The maximum Gasteiger partial charge on any atom is 0.260 e. The van der Waals surface area contributed by atoms with E-state index in [1.807, 2.05) is 47.0 Å². The Morgan fingerprint density at radius 3 is 2.54 bits per heavy atom. The largest absolute Gasteiger partial charge is 0.292 e. The molecule has 3 rings (SSSR count). The van der Waals surface area contributed by atoms with Crippen molar-refractivity contribution < 1.29 is 0 Å². The fraction of sp³-hybridized carbons (Fsp3) is 0.364. The summed E-state index contributed by atoms with van der Waals surface area (Å²) in [6, 6.07) is 13.3. The van der Waals surface area contributed by atoms with E-state index in [2.05, 4.69) is 11.9 Å². The molecule has 0 fully saturated rings. The molecule has 136 valence electrons. The fourth-order valence-electron chi connectivity index (χ4n) is 3.34. The van der Waals surface area contributed by atoms with Crippen molar-refractivity contribution in [2.75, 3.05) is 0 Å². The van der Waals surface area contributed by atoms with Gasteiger partial charge in [0.2, 0.25) is 0 Å². The van der Waals surface area contributed by atoms with Crippen LogP contribution in [0.4, 0.5) is 0 Å². The quantitative estimate of drug-likeness (QED) is 0.452. The molecular formula is C22H25ClN2O. The van der Waals surface area contributed by atoms with Gasteiger partial charge in [-0.1, -0.05) is 68.8 Å². The molecule has 0 unspecified atom stereocenters. The molecule has 3 aromatic rings. The maximum absolute atomic E-state index is 13.2. The molecule has 0 spiro atoms. The second kappa shape index (κ2) is 9.00. The molecule has 0 amide bonds.